The van der Waals surface area contributed by atoms with Crippen LogP contribution in [0.5, 0.6) is 0 Å². The third-order valence-corrected chi connectivity index (χ3v) is 4.94. The first kappa shape index (κ1) is 15.8. The zero-order chi connectivity index (χ0) is 17.6. The van der Waals surface area contributed by atoms with Crippen molar-refractivity contribution in [3.63, 3.8) is 0 Å². The highest BCUT2D eigenvalue weighted by atomic mass is 16.3. The average molecular weight is 340 g/mol. The van der Waals surface area contributed by atoms with Gasteiger partial charge in [-0.15, -0.1) is 0 Å². The summed E-state index contributed by atoms with van der Waals surface area (Å²) in [7, 11) is 0. The summed E-state index contributed by atoms with van der Waals surface area (Å²) in [6.07, 6.45) is 1.92. The number of hydrogen-bond donors (Lipinski definition) is 2. The Labute approximate surface area is 145 Å². The Kier molecular flexibility index (Phi) is 3.80. The van der Waals surface area contributed by atoms with Gasteiger partial charge in [-0.3, -0.25) is 14.3 Å². The lowest BCUT2D eigenvalue weighted by molar-refractivity contribution is -0.134. The number of aryl methyl sites for hydroxylation is 1. The molecule has 7 nitrogen and oxygen atoms in total. The van der Waals surface area contributed by atoms with Crippen molar-refractivity contribution >= 4 is 17.5 Å². The molecule has 25 heavy (non-hydrogen) atoms. The molecule has 0 spiro atoms. The van der Waals surface area contributed by atoms with Crippen LogP contribution in [0.15, 0.2) is 24.4 Å². The van der Waals surface area contributed by atoms with E-state index < -0.39 is 5.92 Å². The molecule has 1 unspecified atom stereocenters. The molecule has 3 heterocycles. The molecule has 2 N–H and O–H groups in total. The molecule has 0 saturated heterocycles. The average Bonchev–Trinajstić information content (AvgIpc) is 3.23. The van der Waals surface area contributed by atoms with E-state index in [9.17, 15) is 9.59 Å². The molecule has 2 aromatic rings. The molecule has 1 aromatic carbocycles. The quantitative estimate of drug-likeness (QED) is 0.874. The van der Waals surface area contributed by atoms with E-state index in [1.54, 1.807) is 15.8 Å². The van der Waals surface area contributed by atoms with Crippen molar-refractivity contribution in [1.82, 2.24) is 14.7 Å². The number of carbonyl (C=O) groups is 2. The van der Waals surface area contributed by atoms with Crippen LogP contribution in [0.25, 0.3) is 0 Å². The van der Waals surface area contributed by atoms with Crippen LogP contribution < -0.4 is 5.32 Å². The maximum Gasteiger partial charge on any atom is 0.232 e. The van der Waals surface area contributed by atoms with Crippen molar-refractivity contribution in [2.75, 3.05) is 11.9 Å². The number of aliphatic hydroxyl groups excluding tert-OH is 1. The molecule has 0 saturated carbocycles. The molecule has 1 atom stereocenters. The van der Waals surface area contributed by atoms with E-state index in [-0.39, 0.29) is 24.8 Å². The Morgan fingerprint density at radius 1 is 1.40 bits per heavy atom. The predicted octanol–water partition coefficient (Wildman–Crippen LogP) is 1.15. The molecule has 0 bridgehead atoms. The molecular weight excluding hydrogens is 320 g/mol. The highest BCUT2D eigenvalue weighted by Gasteiger charge is 2.35. The number of carbonyl (C=O) groups excluding carboxylic acids is 2. The summed E-state index contributed by atoms with van der Waals surface area (Å²) in [5, 5.41) is 16.2. The summed E-state index contributed by atoms with van der Waals surface area (Å²) in [6.45, 7) is 3.40. The Hall–Kier alpha value is -2.67. The van der Waals surface area contributed by atoms with Crippen LogP contribution in [0.1, 0.15) is 34.7 Å². The number of aliphatic hydroxyl groups is 1. The fourth-order valence-electron chi connectivity index (χ4n) is 3.62. The normalized spacial score (nSPS) is 18.2. The number of rotatable bonds is 4. The molecular formula is C18H20N4O3. The summed E-state index contributed by atoms with van der Waals surface area (Å²) in [4.78, 5) is 26.8. The Morgan fingerprint density at radius 3 is 3.04 bits per heavy atom. The molecule has 0 radical (unpaired) electrons. The second kappa shape index (κ2) is 6.00. The maximum absolute atomic E-state index is 12.7. The number of nitrogens with one attached hydrogen (secondary N) is 1. The van der Waals surface area contributed by atoms with E-state index in [0.717, 1.165) is 28.1 Å². The third-order valence-electron chi connectivity index (χ3n) is 4.94. The minimum Gasteiger partial charge on any atom is -0.394 e. The van der Waals surface area contributed by atoms with Crippen molar-refractivity contribution in [3.8, 4) is 0 Å². The van der Waals surface area contributed by atoms with Gasteiger partial charge in [-0.25, -0.2) is 0 Å². The summed E-state index contributed by atoms with van der Waals surface area (Å²) in [5.74, 6) is -0.585. The van der Waals surface area contributed by atoms with E-state index in [0.29, 0.717) is 19.6 Å². The fourth-order valence-corrected chi connectivity index (χ4v) is 3.62. The molecule has 1 aromatic heterocycles. The number of hydrogen-bond acceptors (Lipinski definition) is 4. The topological polar surface area (TPSA) is 87.5 Å². The highest BCUT2D eigenvalue weighted by Crippen LogP contribution is 2.36. The molecule has 2 aliphatic heterocycles. The Bertz CT molecular complexity index is 858. The Balaban J connectivity index is 1.49. The first-order valence-electron chi connectivity index (χ1n) is 8.40. The standard InChI is InChI=1S/C18H20N4O3/c1-11-2-3-15-13(6-11)14(18(25)20-15)7-17(24)21-9-12-8-19-22(4-5-23)16(12)10-21/h2-3,6,8,14,23H,4-5,7,9-10H2,1H3,(H,20,25). The lowest BCUT2D eigenvalue weighted by atomic mass is 9.95. The monoisotopic (exact) mass is 340 g/mol. The van der Waals surface area contributed by atoms with Crippen LogP contribution in [0.2, 0.25) is 0 Å². The van der Waals surface area contributed by atoms with Crippen LogP contribution >= 0.6 is 0 Å². The predicted molar refractivity (Wildman–Crippen MR) is 90.7 cm³/mol. The van der Waals surface area contributed by atoms with Gasteiger partial charge in [-0.1, -0.05) is 17.7 Å². The number of amides is 2. The van der Waals surface area contributed by atoms with Crippen LogP contribution in [-0.4, -0.2) is 38.2 Å². The van der Waals surface area contributed by atoms with E-state index in [1.807, 2.05) is 25.1 Å². The second-order valence-corrected chi connectivity index (χ2v) is 6.65. The first-order chi connectivity index (χ1) is 12.1. The van der Waals surface area contributed by atoms with E-state index >= 15 is 0 Å². The summed E-state index contributed by atoms with van der Waals surface area (Å²) >= 11 is 0. The van der Waals surface area contributed by atoms with Crippen LogP contribution in [0.3, 0.4) is 0 Å². The van der Waals surface area contributed by atoms with Crippen LogP contribution in [0, 0.1) is 6.92 Å². The lowest BCUT2D eigenvalue weighted by Gasteiger charge is -2.18. The van der Waals surface area contributed by atoms with Gasteiger partial charge in [0.2, 0.25) is 11.8 Å². The van der Waals surface area contributed by atoms with Crippen LogP contribution in [0.4, 0.5) is 5.69 Å². The van der Waals surface area contributed by atoms with Gasteiger partial charge in [-0.05, 0) is 18.6 Å². The van der Waals surface area contributed by atoms with Gasteiger partial charge in [-0.2, -0.15) is 5.10 Å². The number of aromatic nitrogens is 2. The highest BCUT2D eigenvalue weighted by molar-refractivity contribution is 6.05. The van der Waals surface area contributed by atoms with Gasteiger partial charge < -0.3 is 15.3 Å². The van der Waals surface area contributed by atoms with Crippen molar-refractivity contribution in [2.45, 2.75) is 38.9 Å². The van der Waals surface area contributed by atoms with Gasteiger partial charge in [0.1, 0.15) is 0 Å². The molecule has 2 aliphatic rings. The summed E-state index contributed by atoms with van der Waals surface area (Å²) in [5.41, 5.74) is 4.76. The van der Waals surface area contributed by atoms with E-state index in [2.05, 4.69) is 10.4 Å². The third kappa shape index (κ3) is 2.70. The van der Waals surface area contributed by atoms with Crippen molar-refractivity contribution in [3.05, 3.63) is 46.8 Å². The van der Waals surface area contributed by atoms with Crippen molar-refractivity contribution in [2.24, 2.45) is 0 Å². The van der Waals surface area contributed by atoms with Crippen molar-refractivity contribution < 1.29 is 14.7 Å². The minimum absolute atomic E-state index is 0.0143. The largest absolute Gasteiger partial charge is 0.394 e. The zero-order valence-corrected chi connectivity index (χ0v) is 14.0. The minimum atomic E-state index is -0.431. The molecule has 0 fully saturated rings. The number of anilines is 1. The van der Waals surface area contributed by atoms with Crippen molar-refractivity contribution in [1.29, 1.82) is 0 Å². The van der Waals surface area contributed by atoms with Crippen LogP contribution in [-0.2, 0) is 29.2 Å². The lowest BCUT2D eigenvalue weighted by Crippen LogP contribution is -2.29. The van der Waals surface area contributed by atoms with Gasteiger partial charge in [0.25, 0.3) is 0 Å². The van der Waals surface area contributed by atoms with Gasteiger partial charge in [0, 0.05) is 24.2 Å². The molecule has 0 aliphatic carbocycles. The van der Waals surface area contributed by atoms with Gasteiger partial charge in [0.05, 0.1) is 37.5 Å². The molecule has 4 rings (SSSR count). The SMILES string of the molecule is Cc1ccc2c(c1)C(CC(=O)N1Cc3cnn(CCO)c3C1)C(=O)N2. The van der Waals surface area contributed by atoms with Gasteiger partial charge in [0.15, 0.2) is 0 Å². The number of fused-ring (bicyclic) bond motifs is 2. The number of benzene rings is 1. The first-order valence-corrected chi connectivity index (χ1v) is 8.40. The second-order valence-electron chi connectivity index (χ2n) is 6.65. The zero-order valence-electron chi connectivity index (χ0n) is 14.0. The number of nitrogens with zero attached hydrogens (tertiary/aromatic N) is 3. The molecule has 130 valence electrons. The summed E-state index contributed by atoms with van der Waals surface area (Å²) in [6, 6.07) is 5.82. The fraction of sp³-hybridized carbons (Fsp3) is 0.389. The molecule has 7 heteroatoms. The summed E-state index contributed by atoms with van der Waals surface area (Å²) < 4.78 is 1.74. The van der Waals surface area contributed by atoms with E-state index in [1.165, 1.54) is 0 Å². The van der Waals surface area contributed by atoms with Gasteiger partial charge >= 0.3 is 0 Å². The Morgan fingerprint density at radius 2 is 2.24 bits per heavy atom. The maximum atomic E-state index is 12.7. The van der Waals surface area contributed by atoms with E-state index in [4.69, 9.17) is 5.11 Å². The smallest absolute Gasteiger partial charge is 0.232 e. The molecule has 2 amide bonds.